The molecule has 0 aromatic heterocycles. The van der Waals surface area contributed by atoms with E-state index >= 15 is 0 Å². The summed E-state index contributed by atoms with van der Waals surface area (Å²) in [5.74, 6) is 2.35. The fourth-order valence-electron chi connectivity index (χ4n) is 1.83. The second-order valence-electron chi connectivity index (χ2n) is 5.40. The summed E-state index contributed by atoms with van der Waals surface area (Å²) >= 11 is 0. The zero-order valence-electron chi connectivity index (χ0n) is 13.8. The van der Waals surface area contributed by atoms with Crippen molar-refractivity contribution in [1.82, 2.24) is 5.32 Å². The third-order valence-electron chi connectivity index (χ3n) is 3.16. The molecule has 0 amide bonds. The minimum atomic E-state index is 0.560. The molecule has 1 rings (SSSR count). The molecule has 0 fully saturated rings. The Kier molecular flexibility index (Phi) is 8.87. The fraction of sp³-hybridized carbons (Fsp3) is 0.647. The normalized spacial score (nSPS) is 10.9. The Labute approximate surface area is 128 Å². The first kappa shape index (κ1) is 17.8. The third kappa shape index (κ3) is 7.34. The smallest absolute Gasteiger partial charge is 0.127 e. The first-order valence-corrected chi connectivity index (χ1v) is 7.75. The first-order chi connectivity index (χ1) is 10.2. The van der Waals surface area contributed by atoms with Crippen LogP contribution in [-0.2, 0) is 11.3 Å². The maximum Gasteiger partial charge on any atom is 0.127 e. The minimum Gasteiger partial charge on any atom is -0.497 e. The minimum absolute atomic E-state index is 0.560. The summed E-state index contributed by atoms with van der Waals surface area (Å²) in [6.07, 6.45) is 1.09. The molecule has 0 bridgehead atoms. The lowest BCUT2D eigenvalue weighted by Crippen LogP contribution is -2.14. The van der Waals surface area contributed by atoms with Gasteiger partial charge in [-0.2, -0.15) is 0 Å². The van der Waals surface area contributed by atoms with Gasteiger partial charge in [0, 0.05) is 24.8 Å². The zero-order valence-corrected chi connectivity index (χ0v) is 13.8. The van der Waals surface area contributed by atoms with E-state index in [0.717, 1.165) is 43.2 Å². The van der Waals surface area contributed by atoms with Gasteiger partial charge >= 0.3 is 0 Å². The van der Waals surface area contributed by atoms with Crippen LogP contribution in [0.5, 0.6) is 11.5 Å². The van der Waals surface area contributed by atoms with E-state index in [2.05, 4.69) is 26.1 Å². The molecule has 0 aliphatic heterocycles. The van der Waals surface area contributed by atoms with Crippen LogP contribution in [0.15, 0.2) is 18.2 Å². The summed E-state index contributed by atoms with van der Waals surface area (Å²) < 4.78 is 16.7. The van der Waals surface area contributed by atoms with Gasteiger partial charge in [0.05, 0.1) is 13.7 Å². The van der Waals surface area contributed by atoms with Crippen LogP contribution in [0.3, 0.4) is 0 Å². The number of hydrogen-bond acceptors (Lipinski definition) is 4. The second-order valence-corrected chi connectivity index (χ2v) is 5.40. The number of nitrogens with one attached hydrogen (secondary N) is 1. The molecule has 0 atom stereocenters. The molecule has 0 aliphatic rings. The molecule has 1 N–H and O–H groups in total. The molecule has 0 heterocycles. The Bertz CT molecular complexity index is 394. The highest BCUT2D eigenvalue weighted by Gasteiger charge is 2.06. The van der Waals surface area contributed by atoms with E-state index in [0.29, 0.717) is 19.1 Å². The Hall–Kier alpha value is -1.26. The molecule has 120 valence electrons. The van der Waals surface area contributed by atoms with Crippen molar-refractivity contribution in [3.63, 3.8) is 0 Å². The zero-order chi connectivity index (χ0) is 15.5. The molecule has 0 aliphatic carbocycles. The van der Waals surface area contributed by atoms with Crippen molar-refractivity contribution >= 4 is 0 Å². The average Bonchev–Trinajstić information content (AvgIpc) is 2.48. The van der Waals surface area contributed by atoms with Gasteiger partial charge in [-0.3, -0.25) is 0 Å². The number of ether oxygens (including phenoxy) is 3. The Morgan fingerprint density at radius 3 is 2.62 bits per heavy atom. The van der Waals surface area contributed by atoms with Gasteiger partial charge in [-0.25, -0.2) is 0 Å². The van der Waals surface area contributed by atoms with E-state index in [9.17, 15) is 0 Å². The average molecular weight is 295 g/mol. The van der Waals surface area contributed by atoms with Crippen molar-refractivity contribution in [2.75, 3.05) is 33.5 Å². The first-order valence-electron chi connectivity index (χ1n) is 7.75. The van der Waals surface area contributed by atoms with Gasteiger partial charge in [0.15, 0.2) is 0 Å². The summed E-state index contributed by atoms with van der Waals surface area (Å²) in [6.45, 7) is 10.2. The lowest BCUT2D eigenvalue weighted by Gasteiger charge is -2.14. The topological polar surface area (TPSA) is 39.7 Å². The van der Waals surface area contributed by atoms with E-state index < -0.39 is 0 Å². The van der Waals surface area contributed by atoms with Crippen molar-refractivity contribution < 1.29 is 14.2 Å². The number of benzene rings is 1. The Balaban J connectivity index is 2.43. The predicted molar refractivity (Wildman–Crippen MR) is 86.1 cm³/mol. The molecule has 4 heteroatoms. The van der Waals surface area contributed by atoms with Gasteiger partial charge in [-0.05, 0) is 24.9 Å². The summed E-state index contributed by atoms with van der Waals surface area (Å²) in [5.41, 5.74) is 1.14. The third-order valence-corrected chi connectivity index (χ3v) is 3.16. The molecule has 21 heavy (non-hydrogen) atoms. The summed E-state index contributed by atoms with van der Waals surface area (Å²) in [6, 6.07) is 5.93. The van der Waals surface area contributed by atoms with Crippen molar-refractivity contribution in [1.29, 1.82) is 0 Å². The van der Waals surface area contributed by atoms with E-state index in [1.807, 2.05) is 18.2 Å². The highest BCUT2D eigenvalue weighted by Crippen LogP contribution is 2.24. The number of rotatable bonds is 11. The van der Waals surface area contributed by atoms with E-state index in [1.165, 1.54) is 0 Å². The van der Waals surface area contributed by atoms with E-state index in [-0.39, 0.29) is 0 Å². The van der Waals surface area contributed by atoms with Crippen molar-refractivity contribution in [3.8, 4) is 11.5 Å². The standard InChI is InChI=1S/C17H29NO3/c1-5-18-13-15-6-7-16(19-4)12-17(15)21-11-10-20-9-8-14(2)3/h6-7,12,14,18H,5,8-11,13H2,1-4H3. The molecule has 0 saturated heterocycles. The molecule has 0 saturated carbocycles. The van der Waals surface area contributed by atoms with Gasteiger partial charge < -0.3 is 19.5 Å². The summed E-state index contributed by atoms with van der Waals surface area (Å²) in [5, 5.41) is 3.31. The molecular formula is C17H29NO3. The molecule has 1 aromatic rings. The largest absolute Gasteiger partial charge is 0.497 e. The highest BCUT2D eigenvalue weighted by molar-refractivity contribution is 5.40. The van der Waals surface area contributed by atoms with Crippen LogP contribution in [0.2, 0.25) is 0 Å². The SMILES string of the molecule is CCNCc1ccc(OC)cc1OCCOCCC(C)C. The molecule has 1 aromatic carbocycles. The highest BCUT2D eigenvalue weighted by atomic mass is 16.5. The van der Waals surface area contributed by atoms with Crippen LogP contribution in [0, 0.1) is 5.92 Å². The lowest BCUT2D eigenvalue weighted by atomic mass is 10.1. The van der Waals surface area contributed by atoms with Crippen LogP contribution in [0.1, 0.15) is 32.8 Å². The van der Waals surface area contributed by atoms with Crippen LogP contribution >= 0.6 is 0 Å². The van der Waals surface area contributed by atoms with E-state index in [1.54, 1.807) is 7.11 Å². The van der Waals surface area contributed by atoms with Gasteiger partial charge in [0.1, 0.15) is 18.1 Å². The lowest BCUT2D eigenvalue weighted by molar-refractivity contribution is 0.0921. The molecular weight excluding hydrogens is 266 g/mol. The predicted octanol–water partition coefficient (Wildman–Crippen LogP) is 3.25. The number of methoxy groups -OCH3 is 1. The Morgan fingerprint density at radius 1 is 1.14 bits per heavy atom. The van der Waals surface area contributed by atoms with Crippen molar-refractivity contribution in [2.24, 2.45) is 5.92 Å². The maximum atomic E-state index is 5.84. The van der Waals surface area contributed by atoms with Crippen LogP contribution < -0.4 is 14.8 Å². The van der Waals surface area contributed by atoms with Gasteiger partial charge in [0.25, 0.3) is 0 Å². The molecule has 4 nitrogen and oxygen atoms in total. The Morgan fingerprint density at radius 2 is 1.95 bits per heavy atom. The van der Waals surface area contributed by atoms with Gasteiger partial charge in [-0.1, -0.05) is 26.8 Å². The van der Waals surface area contributed by atoms with Crippen LogP contribution in [-0.4, -0.2) is 33.5 Å². The van der Waals surface area contributed by atoms with Gasteiger partial charge in [0.2, 0.25) is 0 Å². The van der Waals surface area contributed by atoms with Gasteiger partial charge in [-0.15, -0.1) is 0 Å². The molecule has 0 unspecified atom stereocenters. The van der Waals surface area contributed by atoms with Crippen LogP contribution in [0.25, 0.3) is 0 Å². The van der Waals surface area contributed by atoms with Crippen molar-refractivity contribution in [2.45, 2.75) is 33.7 Å². The molecule has 0 radical (unpaired) electrons. The van der Waals surface area contributed by atoms with E-state index in [4.69, 9.17) is 14.2 Å². The second kappa shape index (κ2) is 10.5. The quantitative estimate of drug-likeness (QED) is 0.636. The fourth-order valence-corrected chi connectivity index (χ4v) is 1.83. The van der Waals surface area contributed by atoms with Crippen molar-refractivity contribution in [3.05, 3.63) is 23.8 Å². The summed E-state index contributed by atoms with van der Waals surface area (Å²) in [7, 11) is 1.66. The maximum absolute atomic E-state index is 5.84. The van der Waals surface area contributed by atoms with Crippen LogP contribution in [0.4, 0.5) is 0 Å². The summed E-state index contributed by atoms with van der Waals surface area (Å²) in [4.78, 5) is 0. The molecule has 0 spiro atoms. The number of hydrogen-bond donors (Lipinski definition) is 1. The monoisotopic (exact) mass is 295 g/mol.